The maximum atomic E-state index is 11.5. The molecule has 0 saturated carbocycles. The van der Waals surface area contributed by atoms with E-state index in [0.29, 0.717) is 0 Å². The van der Waals surface area contributed by atoms with Crippen molar-refractivity contribution in [3.63, 3.8) is 0 Å². The number of hydrogen-bond acceptors (Lipinski definition) is 28. The van der Waals surface area contributed by atoms with Crippen LogP contribution in [0.4, 0.5) is 0 Å². The summed E-state index contributed by atoms with van der Waals surface area (Å²) in [6.45, 7) is -5.03. The highest BCUT2D eigenvalue weighted by molar-refractivity contribution is 4.96. The van der Waals surface area contributed by atoms with Gasteiger partial charge in [-0.05, 0) is 0 Å². The molecule has 5 saturated heterocycles. The molecule has 18 N–H and O–H groups in total. The molecule has 0 aliphatic carbocycles. The molecule has 0 radical (unpaired) electrons. The molecule has 5 heterocycles. The van der Waals surface area contributed by atoms with Crippen molar-refractivity contribution in [3.8, 4) is 0 Å². The van der Waals surface area contributed by atoms with Crippen LogP contribution < -0.4 is 0 Å². The maximum absolute atomic E-state index is 11.5. The molecular formula is C33H58O28. The Balaban J connectivity index is 1.34. The van der Waals surface area contributed by atoms with Crippen LogP contribution in [0, 0.1) is 0 Å². The van der Waals surface area contributed by atoms with Gasteiger partial charge < -0.3 is 139 Å². The Morgan fingerprint density at radius 3 is 1.36 bits per heavy atom. The minimum absolute atomic E-state index is 0.451. The SMILES string of the molecule is OC[C@H](O)[C@@H](O)[C@H](O[C@@H]1O[C@H](CO[C@H]2OC[C@@H](O)[C@H](O)[C@H]2O)[C@@H](O[C@@H]2O[C@H](CO[C@H]3OC[C@@H](O)[C@H](O)[C@H]3O)[C@@H](O)[C@H](O)[C@H]2O)[C@H](O)[C@H]1O)[C@H](O)CO[C@H]1OC[C@@H](O)[C@H](O)[C@H]1O. The van der Waals surface area contributed by atoms with E-state index < -0.39 is 206 Å². The van der Waals surface area contributed by atoms with Crippen LogP contribution in [0.5, 0.6) is 0 Å². The van der Waals surface area contributed by atoms with Gasteiger partial charge in [0.2, 0.25) is 0 Å². The molecule has 5 rings (SSSR count). The van der Waals surface area contributed by atoms with Gasteiger partial charge in [0.15, 0.2) is 31.5 Å². The van der Waals surface area contributed by atoms with Crippen molar-refractivity contribution < 1.29 is 139 Å². The Morgan fingerprint density at radius 1 is 0.443 bits per heavy atom. The van der Waals surface area contributed by atoms with Crippen LogP contribution in [0.2, 0.25) is 0 Å². The molecule has 61 heavy (non-hydrogen) atoms. The predicted molar refractivity (Wildman–Crippen MR) is 183 cm³/mol. The van der Waals surface area contributed by atoms with Crippen LogP contribution in [0.3, 0.4) is 0 Å². The van der Waals surface area contributed by atoms with E-state index in [2.05, 4.69) is 0 Å². The van der Waals surface area contributed by atoms with Crippen LogP contribution in [-0.4, -0.2) is 298 Å². The number of rotatable bonds is 17. The first-order valence-electron chi connectivity index (χ1n) is 19.3. The van der Waals surface area contributed by atoms with E-state index in [1.54, 1.807) is 0 Å². The molecule has 26 atom stereocenters. The van der Waals surface area contributed by atoms with Gasteiger partial charge in [-0.3, -0.25) is 0 Å². The third kappa shape index (κ3) is 11.8. The first kappa shape index (κ1) is 50.9. The Labute approximate surface area is 345 Å². The number of hydrogen-bond donors (Lipinski definition) is 18. The lowest BCUT2D eigenvalue weighted by molar-refractivity contribution is -0.376. The molecule has 358 valence electrons. The Kier molecular flexibility index (Phi) is 18.7. The van der Waals surface area contributed by atoms with Crippen molar-refractivity contribution in [1.82, 2.24) is 0 Å². The van der Waals surface area contributed by atoms with Crippen molar-refractivity contribution in [2.45, 2.75) is 160 Å². The standard InChI is InChI=1S/C33H58O28/c34-1-8(35)18(43)27(12(39)5-55-29-22(47)15(40)9(36)2-52-29)60-33-26(51)21(46)28(14(59-33)7-57-31-24(49)17(42)11(38)4-54-31)61-32-25(50)20(45)19(44)13(58-32)6-56-30-23(48)16(41)10(37)3-53-30/h8-51H,1-7H2/t8-,9+,10+,11+,12+,13+,14+,15-,16-,17-,18+,19+,20-,21+,22+,23+,24+,25+,26+,27+,28+,29+,30+,31+,32-,33-/m0/s1. The van der Waals surface area contributed by atoms with Gasteiger partial charge in [-0.2, -0.15) is 0 Å². The van der Waals surface area contributed by atoms with Gasteiger partial charge in [0.1, 0.15) is 128 Å². The molecule has 0 aromatic carbocycles. The first-order valence-corrected chi connectivity index (χ1v) is 19.3. The molecule has 0 bridgehead atoms. The van der Waals surface area contributed by atoms with Gasteiger partial charge in [-0.1, -0.05) is 0 Å². The molecule has 5 fully saturated rings. The summed E-state index contributed by atoms with van der Waals surface area (Å²) in [4.78, 5) is 0. The third-order valence-electron chi connectivity index (χ3n) is 10.8. The average Bonchev–Trinajstić information content (AvgIpc) is 3.24. The summed E-state index contributed by atoms with van der Waals surface area (Å²) >= 11 is 0. The fraction of sp³-hybridized carbons (Fsp3) is 1.00. The smallest absolute Gasteiger partial charge is 0.187 e. The minimum atomic E-state index is -2.26. The summed E-state index contributed by atoms with van der Waals surface area (Å²) in [6, 6.07) is 0. The normalized spacial score (nSPS) is 48.3. The Morgan fingerprint density at radius 2 is 0.869 bits per heavy atom. The second-order valence-corrected chi connectivity index (χ2v) is 15.3. The second kappa shape index (κ2) is 22.4. The van der Waals surface area contributed by atoms with Gasteiger partial charge in [-0.25, -0.2) is 0 Å². The topological polar surface area (TPSA) is 456 Å². The average molecular weight is 903 g/mol. The quantitative estimate of drug-likeness (QED) is 0.0644. The number of aliphatic hydroxyl groups is 18. The molecule has 0 aromatic rings. The Hall–Kier alpha value is -1.12. The van der Waals surface area contributed by atoms with E-state index in [1.807, 2.05) is 0 Å². The molecule has 28 nitrogen and oxygen atoms in total. The van der Waals surface area contributed by atoms with Crippen molar-refractivity contribution in [2.24, 2.45) is 0 Å². The van der Waals surface area contributed by atoms with E-state index in [4.69, 9.17) is 47.4 Å². The molecule has 0 amide bonds. The second-order valence-electron chi connectivity index (χ2n) is 15.3. The van der Waals surface area contributed by atoms with Crippen LogP contribution >= 0.6 is 0 Å². The highest BCUT2D eigenvalue weighted by atomic mass is 16.8. The highest BCUT2D eigenvalue weighted by Gasteiger charge is 2.53. The highest BCUT2D eigenvalue weighted by Crippen LogP contribution is 2.32. The monoisotopic (exact) mass is 902 g/mol. The van der Waals surface area contributed by atoms with Gasteiger partial charge >= 0.3 is 0 Å². The maximum Gasteiger partial charge on any atom is 0.187 e. The van der Waals surface area contributed by atoms with E-state index in [-0.39, 0.29) is 0 Å². The molecule has 0 spiro atoms. The van der Waals surface area contributed by atoms with Gasteiger partial charge in [-0.15, -0.1) is 0 Å². The lowest BCUT2D eigenvalue weighted by atomic mass is 9.96. The molecule has 0 unspecified atom stereocenters. The molecule has 5 aliphatic heterocycles. The fourth-order valence-electron chi connectivity index (χ4n) is 6.97. The summed E-state index contributed by atoms with van der Waals surface area (Å²) < 4.78 is 54.6. The fourth-order valence-corrected chi connectivity index (χ4v) is 6.97. The van der Waals surface area contributed by atoms with Crippen LogP contribution in [0.25, 0.3) is 0 Å². The van der Waals surface area contributed by atoms with Crippen molar-refractivity contribution >= 4 is 0 Å². The lowest BCUT2D eigenvalue weighted by Crippen LogP contribution is -2.66. The van der Waals surface area contributed by atoms with Gasteiger partial charge in [0.25, 0.3) is 0 Å². The molecule has 5 aliphatic rings. The van der Waals surface area contributed by atoms with Gasteiger partial charge in [0.05, 0.1) is 46.2 Å². The van der Waals surface area contributed by atoms with Crippen molar-refractivity contribution in [2.75, 3.05) is 46.2 Å². The summed E-state index contributed by atoms with van der Waals surface area (Å²) in [5.41, 5.74) is 0. The number of aliphatic hydroxyl groups excluding tert-OH is 18. The van der Waals surface area contributed by atoms with E-state index in [9.17, 15) is 91.9 Å². The lowest BCUT2D eigenvalue weighted by Gasteiger charge is -2.47. The van der Waals surface area contributed by atoms with Gasteiger partial charge in [0, 0.05) is 0 Å². The molecular weight excluding hydrogens is 844 g/mol. The van der Waals surface area contributed by atoms with E-state index in [1.165, 1.54) is 0 Å². The van der Waals surface area contributed by atoms with E-state index >= 15 is 0 Å². The zero-order valence-corrected chi connectivity index (χ0v) is 32.1. The van der Waals surface area contributed by atoms with Crippen molar-refractivity contribution in [3.05, 3.63) is 0 Å². The summed E-state index contributed by atoms with van der Waals surface area (Å²) in [7, 11) is 0. The summed E-state index contributed by atoms with van der Waals surface area (Å²) in [5, 5.41) is 187. The largest absolute Gasteiger partial charge is 0.394 e. The third-order valence-corrected chi connectivity index (χ3v) is 10.8. The van der Waals surface area contributed by atoms with E-state index in [0.717, 1.165) is 0 Å². The first-order chi connectivity index (χ1) is 28.8. The summed E-state index contributed by atoms with van der Waals surface area (Å²) in [6.07, 6.45) is -48.3. The van der Waals surface area contributed by atoms with Crippen LogP contribution in [0.1, 0.15) is 0 Å². The summed E-state index contributed by atoms with van der Waals surface area (Å²) in [5.74, 6) is 0. The molecule has 28 heteroatoms. The van der Waals surface area contributed by atoms with Crippen molar-refractivity contribution in [1.29, 1.82) is 0 Å². The minimum Gasteiger partial charge on any atom is -0.394 e. The zero-order valence-electron chi connectivity index (χ0n) is 32.1. The molecule has 0 aromatic heterocycles. The Bertz CT molecular complexity index is 1310. The van der Waals surface area contributed by atoms with Crippen LogP contribution in [-0.2, 0) is 47.4 Å². The number of ether oxygens (including phenoxy) is 10. The van der Waals surface area contributed by atoms with Crippen LogP contribution in [0.15, 0.2) is 0 Å². The zero-order chi connectivity index (χ0) is 45.0. The predicted octanol–water partition coefficient (Wildman–Crippen LogP) is -12.5.